The first-order chi connectivity index (χ1) is 19.1. The van der Waals surface area contributed by atoms with Crippen LogP contribution in [0.5, 0.6) is 0 Å². The van der Waals surface area contributed by atoms with Crippen LogP contribution in [0.3, 0.4) is 0 Å². The Balaban J connectivity index is 1.14. The van der Waals surface area contributed by atoms with Crippen LogP contribution in [-0.2, 0) is 24.1 Å². The predicted octanol–water partition coefficient (Wildman–Crippen LogP) is 7.50. The van der Waals surface area contributed by atoms with Gasteiger partial charge < -0.3 is 5.32 Å². The first kappa shape index (κ1) is 27.8. The SMILES string of the molecule is Cc1c(NC(=O)CCCCCN2C(=O)[C@H]3[C@H](C2=O)C2(Cl)c4ccccc4C3(Cl)c3ccccc32)ccc(Br)c1Cl. The van der Waals surface area contributed by atoms with Crippen LogP contribution < -0.4 is 5.32 Å². The zero-order valence-corrected chi connectivity index (χ0v) is 25.5. The number of nitrogens with zero attached hydrogens (tertiary/aromatic N) is 1. The summed E-state index contributed by atoms with van der Waals surface area (Å²) in [5.74, 6) is -2.23. The van der Waals surface area contributed by atoms with Crippen LogP contribution in [0.2, 0.25) is 5.02 Å². The number of alkyl halides is 2. The third-order valence-corrected chi connectivity index (χ3v) is 11.2. The van der Waals surface area contributed by atoms with Gasteiger partial charge in [0, 0.05) is 23.1 Å². The van der Waals surface area contributed by atoms with Crippen molar-refractivity contribution in [1.29, 1.82) is 0 Å². The molecule has 2 bridgehead atoms. The standard InChI is InChI=1S/C31H26BrCl3N2O3/c1-17-23(15-14-22(32)27(17)33)36-24(38)13-3-2-8-16-37-28(39)25-26(29(37)40)31(35)19-10-5-4-9-18(19)30(25,34)20-11-6-7-12-21(20)31/h4-7,9-12,14-15,25-26H,2-3,8,13,16H2,1H3,(H,36,38)/t25-,26-,30?,31?/m1/s1. The van der Waals surface area contributed by atoms with Crippen molar-refractivity contribution in [1.82, 2.24) is 4.90 Å². The second-order valence-electron chi connectivity index (χ2n) is 10.7. The molecule has 9 heteroatoms. The molecule has 0 saturated carbocycles. The van der Waals surface area contributed by atoms with Crippen molar-refractivity contribution in [3.05, 3.63) is 98.0 Å². The summed E-state index contributed by atoms with van der Waals surface area (Å²) in [6.45, 7) is 2.11. The van der Waals surface area contributed by atoms with Crippen molar-refractivity contribution in [2.24, 2.45) is 11.8 Å². The summed E-state index contributed by atoms with van der Waals surface area (Å²) >= 11 is 24.5. The highest BCUT2D eigenvalue weighted by molar-refractivity contribution is 9.10. The summed E-state index contributed by atoms with van der Waals surface area (Å²) in [6, 6.07) is 18.8. The maximum atomic E-state index is 13.8. The highest BCUT2D eigenvalue weighted by atomic mass is 79.9. The Hall–Kier alpha value is -2.38. The van der Waals surface area contributed by atoms with Crippen LogP contribution in [-0.4, -0.2) is 29.2 Å². The van der Waals surface area contributed by atoms with Gasteiger partial charge in [-0.25, -0.2) is 0 Å². The largest absolute Gasteiger partial charge is 0.326 e. The van der Waals surface area contributed by atoms with Gasteiger partial charge in [-0.3, -0.25) is 19.3 Å². The Bertz CT molecular complexity index is 1450. The Morgan fingerprint density at radius 1 is 0.850 bits per heavy atom. The van der Waals surface area contributed by atoms with Crippen LogP contribution >= 0.6 is 50.7 Å². The second-order valence-corrected chi connectivity index (χ2v) is 13.1. The fourth-order valence-electron chi connectivity index (χ4n) is 6.68. The lowest BCUT2D eigenvalue weighted by atomic mass is 9.54. The summed E-state index contributed by atoms with van der Waals surface area (Å²) in [5.41, 5.74) is 4.65. The molecule has 4 aliphatic rings. The maximum absolute atomic E-state index is 13.8. The van der Waals surface area contributed by atoms with Crippen LogP contribution in [0.25, 0.3) is 0 Å². The number of nitrogens with one attached hydrogen (secondary N) is 1. The van der Waals surface area contributed by atoms with Gasteiger partial charge in [0.1, 0.15) is 9.75 Å². The zero-order chi connectivity index (χ0) is 28.4. The lowest BCUT2D eigenvalue weighted by Crippen LogP contribution is -2.57. The average Bonchev–Trinajstić information content (AvgIpc) is 3.22. The topological polar surface area (TPSA) is 66.5 Å². The summed E-state index contributed by atoms with van der Waals surface area (Å²) in [7, 11) is 0. The fraction of sp³-hybridized carbons (Fsp3) is 0.323. The van der Waals surface area contributed by atoms with E-state index in [1.807, 2.05) is 61.5 Å². The monoisotopic (exact) mass is 658 g/mol. The minimum atomic E-state index is -1.16. The molecule has 3 aliphatic carbocycles. The van der Waals surface area contributed by atoms with Crippen molar-refractivity contribution < 1.29 is 14.4 Å². The van der Waals surface area contributed by atoms with Gasteiger partial charge in [-0.05, 0) is 75.6 Å². The van der Waals surface area contributed by atoms with Gasteiger partial charge in [0.05, 0.1) is 16.9 Å². The zero-order valence-electron chi connectivity index (χ0n) is 21.6. The van der Waals surface area contributed by atoms with Gasteiger partial charge in [0.25, 0.3) is 0 Å². The second kappa shape index (κ2) is 10.2. The summed E-state index contributed by atoms with van der Waals surface area (Å²) in [5, 5.41) is 3.47. The van der Waals surface area contributed by atoms with Gasteiger partial charge in [-0.15, -0.1) is 23.2 Å². The molecule has 1 aliphatic heterocycles. The summed E-state index contributed by atoms with van der Waals surface area (Å²) in [6.07, 6.45) is 2.20. The van der Waals surface area contributed by atoms with Gasteiger partial charge >= 0.3 is 0 Å². The Kier molecular flexibility index (Phi) is 7.06. The van der Waals surface area contributed by atoms with E-state index in [-0.39, 0.29) is 24.3 Å². The number of rotatable bonds is 7. The number of hydrogen-bond acceptors (Lipinski definition) is 3. The van der Waals surface area contributed by atoms with Crippen LogP contribution in [0, 0.1) is 18.8 Å². The molecule has 5 nitrogen and oxygen atoms in total. The molecule has 3 aromatic rings. The molecule has 40 heavy (non-hydrogen) atoms. The van der Waals surface area contributed by atoms with E-state index in [4.69, 9.17) is 34.8 Å². The summed E-state index contributed by atoms with van der Waals surface area (Å²) < 4.78 is 0.774. The molecule has 2 atom stereocenters. The number of unbranched alkanes of at least 4 members (excludes halogenated alkanes) is 2. The Morgan fingerprint density at radius 2 is 1.35 bits per heavy atom. The van der Waals surface area contributed by atoms with Gasteiger partial charge in [-0.2, -0.15) is 0 Å². The molecular weight excluding hydrogens is 635 g/mol. The molecule has 0 spiro atoms. The number of benzene rings is 3. The average molecular weight is 661 g/mol. The van der Waals surface area contributed by atoms with Crippen LogP contribution in [0.15, 0.2) is 65.1 Å². The number of imide groups is 1. The molecule has 0 aromatic heterocycles. The Labute approximate surface area is 256 Å². The Morgan fingerprint density at radius 3 is 1.85 bits per heavy atom. The highest BCUT2D eigenvalue weighted by Crippen LogP contribution is 2.69. The van der Waals surface area contributed by atoms with Crippen LogP contribution in [0.1, 0.15) is 53.5 Å². The molecule has 3 amide bonds. The first-order valence-corrected chi connectivity index (χ1v) is 15.2. The van der Waals surface area contributed by atoms with Crippen molar-refractivity contribution in [2.45, 2.75) is 42.4 Å². The van der Waals surface area contributed by atoms with E-state index >= 15 is 0 Å². The van der Waals surface area contributed by atoms with E-state index in [1.165, 1.54) is 4.90 Å². The first-order valence-electron chi connectivity index (χ1n) is 13.3. The summed E-state index contributed by atoms with van der Waals surface area (Å²) in [4.78, 5) is 39.2. The van der Waals surface area contributed by atoms with Crippen molar-refractivity contribution in [2.75, 3.05) is 11.9 Å². The number of carbonyl (C=O) groups is 3. The number of amides is 3. The lowest BCUT2D eigenvalue weighted by molar-refractivity contribution is -0.140. The maximum Gasteiger partial charge on any atom is 0.235 e. The van der Waals surface area contributed by atoms with Crippen molar-refractivity contribution >= 4 is 74.1 Å². The molecule has 1 saturated heterocycles. The number of likely N-dealkylation sites (tertiary alicyclic amines) is 1. The predicted molar refractivity (Wildman–Crippen MR) is 161 cm³/mol. The normalized spacial score (nSPS) is 26.0. The molecule has 0 unspecified atom stereocenters. The van der Waals surface area contributed by atoms with Crippen LogP contribution in [0.4, 0.5) is 5.69 Å². The van der Waals surface area contributed by atoms with Gasteiger partial charge in [-0.1, -0.05) is 66.6 Å². The molecule has 206 valence electrons. The highest BCUT2D eigenvalue weighted by Gasteiger charge is 2.72. The van der Waals surface area contributed by atoms with E-state index in [0.717, 1.165) is 32.3 Å². The van der Waals surface area contributed by atoms with Gasteiger partial charge in [0.2, 0.25) is 17.7 Å². The smallest absolute Gasteiger partial charge is 0.235 e. The van der Waals surface area contributed by atoms with E-state index in [0.29, 0.717) is 36.4 Å². The van der Waals surface area contributed by atoms with E-state index in [1.54, 1.807) is 6.07 Å². The quantitative estimate of drug-likeness (QED) is 0.162. The molecular formula is C31H26BrCl3N2O3. The lowest BCUT2D eigenvalue weighted by Gasteiger charge is -2.54. The molecule has 1 N–H and O–H groups in total. The van der Waals surface area contributed by atoms with Gasteiger partial charge in [0.15, 0.2) is 0 Å². The third-order valence-electron chi connectivity index (χ3n) is 8.58. The van der Waals surface area contributed by atoms with E-state index in [2.05, 4.69) is 21.2 Å². The number of hydrogen-bond donors (Lipinski definition) is 1. The van der Waals surface area contributed by atoms with Crippen molar-refractivity contribution in [3.8, 4) is 0 Å². The van der Waals surface area contributed by atoms with Crippen molar-refractivity contribution in [3.63, 3.8) is 0 Å². The molecule has 3 aromatic carbocycles. The molecule has 1 fully saturated rings. The molecule has 1 heterocycles. The van der Waals surface area contributed by atoms with E-state index < -0.39 is 21.6 Å². The fourth-order valence-corrected chi connectivity index (χ4v) is 8.37. The van der Waals surface area contributed by atoms with E-state index in [9.17, 15) is 14.4 Å². The number of carbonyl (C=O) groups excluding carboxylic acids is 3. The minimum Gasteiger partial charge on any atom is -0.326 e. The number of anilines is 1. The molecule has 7 rings (SSSR count). The minimum absolute atomic E-state index is 0.110. The third kappa shape index (κ3) is 3.90. The molecule has 0 radical (unpaired) electrons. The number of halogens is 4.